The molecule has 0 spiro atoms. The fourth-order valence-electron chi connectivity index (χ4n) is 2.44. The molecule has 3 rings (SSSR count). The Hall–Kier alpha value is -2.83. The molecule has 0 saturated heterocycles. The summed E-state index contributed by atoms with van der Waals surface area (Å²) >= 11 is 0. The number of carbonyl (C=O) groups is 2. The molecular weight excluding hydrogens is 282 g/mol. The predicted octanol–water partition coefficient (Wildman–Crippen LogP) is 2.11. The molecule has 0 bridgehead atoms. The van der Waals surface area contributed by atoms with Gasteiger partial charge in [-0.2, -0.15) is 5.10 Å². The smallest absolute Gasteiger partial charge is 0.259 e. The Morgan fingerprint density at radius 1 is 1.41 bits per heavy atom. The van der Waals surface area contributed by atoms with Gasteiger partial charge in [0.25, 0.3) is 5.91 Å². The normalized spacial score (nSPS) is 17.0. The minimum absolute atomic E-state index is 0.0529. The molecule has 2 heterocycles. The van der Waals surface area contributed by atoms with E-state index < -0.39 is 0 Å². The van der Waals surface area contributed by atoms with Crippen LogP contribution in [-0.2, 0) is 4.79 Å². The van der Waals surface area contributed by atoms with Crippen molar-refractivity contribution >= 4 is 29.0 Å². The van der Waals surface area contributed by atoms with Gasteiger partial charge in [0, 0.05) is 24.2 Å². The van der Waals surface area contributed by atoms with Gasteiger partial charge in [-0.3, -0.25) is 14.7 Å². The fourth-order valence-corrected chi connectivity index (χ4v) is 2.44. The molecule has 2 amide bonds. The van der Waals surface area contributed by atoms with Crippen LogP contribution in [0.3, 0.4) is 0 Å². The zero-order valence-corrected chi connectivity index (χ0v) is 12.4. The van der Waals surface area contributed by atoms with Gasteiger partial charge in [0.1, 0.15) is 0 Å². The van der Waals surface area contributed by atoms with Crippen molar-refractivity contribution < 1.29 is 9.59 Å². The average Bonchev–Trinajstić information content (AvgIpc) is 2.78. The van der Waals surface area contributed by atoms with Crippen LogP contribution < -0.4 is 16.0 Å². The quantitative estimate of drug-likeness (QED) is 0.682. The molecule has 7 nitrogen and oxygen atoms in total. The van der Waals surface area contributed by atoms with Crippen LogP contribution in [0.2, 0.25) is 0 Å². The van der Waals surface area contributed by atoms with Crippen LogP contribution in [0.1, 0.15) is 29.4 Å². The number of benzene rings is 1. The van der Waals surface area contributed by atoms with Crippen LogP contribution in [-0.4, -0.2) is 28.1 Å². The maximum absolute atomic E-state index is 12.5. The Morgan fingerprint density at radius 2 is 2.23 bits per heavy atom. The lowest BCUT2D eigenvalue weighted by Crippen LogP contribution is -2.20. The second-order valence-electron chi connectivity index (χ2n) is 5.42. The molecule has 0 fully saturated rings. The van der Waals surface area contributed by atoms with Gasteiger partial charge in [0.15, 0.2) is 5.82 Å². The summed E-state index contributed by atoms with van der Waals surface area (Å²) in [6.07, 6.45) is 0.355. The van der Waals surface area contributed by atoms with Crippen molar-refractivity contribution in [1.29, 1.82) is 0 Å². The van der Waals surface area contributed by atoms with Crippen molar-refractivity contribution in [2.24, 2.45) is 0 Å². The predicted molar refractivity (Wildman–Crippen MR) is 84.1 cm³/mol. The van der Waals surface area contributed by atoms with Gasteiger partial charge in [0.05, 0.1) is 16.9 Å². The van der Waals surface area contributed by atoms with Crippen LogP contribution in [0.5, 0.6) is 0 Å². The van der Waals surface area contributed by atoms with Crippen LogP contribution in [0, 0.1) is 6.92 Å². The highest BCUT2D eigenvalue weighted by Crippen LogP contribution is 2.30. The second kappa shape index (κ2) is 5.51. The first-order valence-electron chi connectivity index (χ1n) is 7.05. The minimum Gasteiger partial charge on any atom is -0.380 e. The number of nitrogens with zero attached hydrogens (tertiary/aromatic N) is 1. The Labute approximate surface area is 127 Å². The highest BCUT2D eigenvalue weighted by molar-refractivity contribution is 6.11. The third kappa shape index (κ3) is 2.78. The number of para-hydroxylation sites is 1. The van der Waals surface area contributed by atoms with Gasteiger partial charge in [-0.15, -0.1) is 0 Å². The SMILES string of the molecule is Cc1cc(NC(=O)c2cccc3c2NC(C)CC(=O)N3)n[nH]1. The molecule has 1 aliphatic heterocycles. The van der Waals surface area contributed by atoms with E-state index in [0.717, 1.165) is 5.69 Å². The molecular formula is C15H17N5O2. The fraction of sp³-hybridized carbons (Fsp3) is 0.267. The van der Waals surface area contributed by atoms with E-state index in [4.69, 9.17) is 0 Å². The minimum atomic E-state index is -0.279. The van der Waals surface area contributed by atoms with Crippen molar-refractivity contribution in [3.05, 3.63) is 35.5 Å². The molecule has 1 atom stereocenters. The van der Waals surface area contributed by atoms with Crippen LogP contribution in [0.25, 0.3) is 0 Å². The summed E-state index contributed by atoms with van der Waals surface area (Å²) < 4.78 is 0. The van der Waals surface area contributed by atoms with E-state index in [-0.39, 0.29) is 17.9 Å². The molecule has 2 aromatic rings. The molecule has 7 heteroatoms. The van der Waals surface area contributed by atoms with Crippen molar-refractivity contribution in [3.8, 4) is 0 Å². The summed E-state index contributed by atoms with van der Waals surface area (Å²) in [5.41, 5.74) is 2.57. The largest absolute Gasteiger partial charge is 0.380 e. The Balaban J connectivity index is 1.92. The lowest BCUT2D eigenvalue weighted by atomic mass is 10.1. The second-order valence-corrected chi connectivity index (χ2v) is 5.42. The highest BCUT2D eigenvalue weighted by atomic mass is 16.2. The van der Waals surface area contributed by atoms with E-state index in [1.807, 2.05) is 13.8 Å². The zero-order chi connectivity index (χ0) is 15.7. The zero-order valence-electron chi connectivity index (χ0n) is 12.4. The van der Waals surface area contributed by atoms with Crippen LogP contribution in [0.15, 0.2) is 24.3 Å². The number of aryl methyl sites for hydroxylation is 1. The monoisotopic (exact) mass is 299 g/mol. The summed E-state index contributed by atoms with van der Waals surface area (Å²) in [7, 11) is 0. The van der Waals surface area contributed by atoms with Crippen molar-refractivity contribution in [1.82, 2.24) is 10.2 Å². The van der Waals surface area contributed by atoms with E-state index in [2.05, 4.69) is 26.1 Å². The first kappa shape index (κ1) is 14.1. The molecule has 114 valence electrons. The van der Waals surface area contributed by atoms with Gasteiger partial charge in [0.2, 0.25) is 5.91 Å². The number of hydrogen-bond donors (Lipinski definition) is 4. The number of aromatic nitrogens is 2. The van der Waals surface area contributed by atoms with Gasteiger partial charge in [-0.1, -0.05) is 6.07 Å². The third-order valence-corrected chi connectivity index (χ3v) is 3.41. The number of anilines is 3. The van der Waals surface area contributed by atoms with Gasteiger partial charge in [-0.05, 0) is 26.0 Å². The Bertz CT molecular complexity index is 737. The molecule has 1 aromatic carbocycles. The number of aromatic amines is 1. The average molecular weight is 299 g/mol. The molecule has 0 saturated carbocycles. The Kier molecular flexibility index (Phi) is 3.54. The standard InChI is InChI=1S/C15H17N5O2/c1-8-7-13(21)17-11-5-3-4-10(14(11)16-8)15(22)18-12-6-9(2)19-20-12/h3-6,8,16H,7H2,1-2H3,(H,17,21)(H2,18,19,20,22). The lowest BCUT2D eigenvalue weighted by Gasteiger charge is -2.15. The number of rotatable bonds is 2. The number of carbonyl (C=O) groups excluding carboxylic acids is 2. The maximum Gasteiger partial charge on any atom is 0.259 e. The van der Waals surface area contributed by atoms with E-state index in [0.29, 0.717) is 29.2 Å². The van der Waals surface area contributed by atoms with Gasteiger partial charge in [-0.25, -0.2) is 0 Å². The molecule has 1 aromatic heterocycles. The maximum atomic E-state index is 12.5. The molecule has 1 aliphatic rings. The van der Waals surface area contributed by atoms with E-state index in [1.54, 1.807) is 24.3 Å². The summed E-state index contributed by atoms with van der Waals surface area (Å²) in [5.74, 6) is 0.115. The summed E-state index contributed by atoms with van der Waals surface area (Å²) in [6.45, 7) is 3.76. The van der Waals surface area contributed by atoms with Gasteiger partial charge < -0.3 is 16.0 Å². The molecule has 0 aliphatic carbocycles. The molecule has 4 N–H and O–H groups in total. The van der Waals surface area contributed by atoms with Crippen LogP contribution >= 0.6 is 0 Å². The van der Waals surface area contributed by atoms with Crippen LogP contribution in [0.4, 0.5) is 17.2 Å². The first-order chi connectivity index (χ1) is 10.5. The summed E-state index contributed by atoms with van der Waals surface area (Å²) in [6, 6.07) is 6.92. The topological polar surface area (TPSA) is 98.9 Å². The number of nitrogens with one attached hydrogen (secondary N) is 4. The van der Waals surface area contributed by atoms with Gasteiger partial charge >= 0.3 is 0 Å². The molecule has 1 unspecified atom stereocenters. The van der Waals surface area contributed by atoms with Crippen molar-refractivity contribution in [2.45, 2.75) is 26.3 Å². The van der Waals surface area contributed by atoms with E-state index in [1.165, 1.54) is 0 Å². The van der Waals surface area contributed by atoms with Crippen molar-refractivity contribution in [2.75, 3.05) is 16.0 Å². The number of amides is 2. The lowest BCUT2D eigenvalue weighted by molar-refractivity contribution is -0.116. The highest BCUT2D eigenvalue weighted by Gasteiger charge is 2.22. The Morgan fingerprint density at radius 3 is 2.95 bits per heavy atom. The number of fused-ring (bicyclic) bond motifs is 1. The number of H-pyrrole nitrogens is 1. The summed E-state index contributed by atoms with van der Waals surface area (Å²) in [5, 5.41) is 15.5. The summed E-state index contributed by atoms with van der Waals surface area (Å²) in [4.78, 5) is 24.2. The first-order valence-corrected chi connectivity index (χ1v) is 7.05. The molecule has 22 heavy (non-hydrogen) atoms. The molecule has 0 radical (unpaired) electrons. The van der Waals surface area contributed by atoms with E-state index in [9.17, 15) is 9.59 Å². The number of hydrogen-bond acceptors (Lipinski definition) is 4. The third-order valence-electron chi connectivity index (χ3n) is 3.41. The van der Waals surface area contributed by atoms with Crippen molar-refractivity contribution in [3.63, 3.8) is 0 Å². The van der Waals surface area contributed by atoms with E-state index >= 15 is 0 Å².